The van der Waals surface area contributed by atoms with Gasteiger partial charge in [0.05, 0.1) is 19.3 Å². The largest absolute Gasteiger partial charge is 0.497 e. The van der Waals surface area contributed by atoms with E-state index in [1.165, 1.54) is 6.26 Å². The second-order valence-electron chi connectivity index (χ2n) is 6.24. The molecule has 7 nitrogen and oxygen atoms in total. The molecule has 0 atom stereocenters. The van der Waals surface area contributed by atoms with Crippen molar-refractivity contribution in [2.45, 2.75) is 12.8 Å². The standard InChI is InChI=1S/C20H23NO6/c1-24-16-4-6-17(7-5-16)25-13-14-27-20(23)15-8-10-21(11-9-15)19(22)18-3-2-12-26-18/h2-7,12,15H,8-11,13-14H2,1H3. The van der Waals surface area contributed by atoms with Gasteiger partial charge in [0.25, 0.3) is 5.91 Å². The van der Waals surface area contributed by atoms with Crippen molar-refractivity contribution in [2.24, 2.45) is 5.92 Å². The first-order chi connectivity index (χ1) is 13.2. The van der Waals surface area contributed by atoms with Crippen molar-refractivity contribution in [3.05, 3.63) is 48.4 Å². The van der Waals surface area contributed by atoms with Gasteiger partial charge in [-0.05, 0) is 49.2 Å². The van der Waals surface area contributed by atoms with Gasteiger partial charge in [0, 0.05) is 13.1 Å². The summed E-state index contributed by atoms with van der Waals surface area (Å²) in [6.07, 6.45) is 2.65. The number of hydrogen-bond acceptors (Lipinski definition) is 6. The van der Waals surface area contributed by atoms with Gasteiger partial charge >= 0.3 is 5.97 Å². The molecule has 1 aliphatic rings. The van der Waals surface area contributed by atoms with Gasteiger partial charge in [0.2, 0.25) is 0 Å². The van der Waals surface area contributed by atoms with Crippen LogP contribution in [0.2, 0.25) is 0 Å². The number of piperidine rings is 1. The monoisotopic (exact) mass is 373 g/mol. The number of methoxy groups -OCH3 is 1. The third kappa shape index (κ3) is 5.03. The summed E-state index contributed by atoms with van der Waals surface area (Å²) in [5.74, 6) is 1.21. The van der Waals surface area contributed by atoms with Gasteiger partial charge in [0.15, 0.2) is 5.76 Å². The molecular formula is C20H23NO6. The Morgan fingerprint density at radius 3 is 2.41 bits per heavy atom. The van der Waals surface area contributed by atoms with E-state index in [1.54, 1.807) is 48.4 Å². The molecule has 1 amide bonds. The van der Waals surface area contributed by atoms with Crippen molar-refractivity contribution in [1.29, 1.82) is 0 Å². The minimum absolute atomic E-state index is 0.139. The predicted molar refractivity (Wildman–Crippen MR) is 96.8 cm³/mol. The molecule has 0 N–H and O–H groups in total. The summed E-state index contributed by atoms with van der Waals surface area (Å²) in [5, 5.41) is 0. The topological polar surface area (TPSA) is 78.2 Å². The molecule has 0 spiro atoms. The van der Waals surface area contributed by atoms with Crippen LogP contribution >= 0.6 is 0 Å². The number of furan rings is 1. The van der Waals surface area contributed by atoms with E-state index < -0.39 is 0 Å². The van der Waals surface area contributed by atoms with Gasteiger partial charge in [-0.15, -0.1) is 0 Å². The molecule has 0 saturated carbocycles. The molecule has 1 aromatic heterocycles. The maximum atomic E-state index is 12.2. The van der Waals surface area contributed by atoms with E-state index in [9.17, 15) is 9.59 Å². The van der Waals surface area contributed by atoms with Crippen molar-refractivity contribution < 1.29 is 28.2 Å². The maximum Gasteiger partial charge on any atom is 0.309 e. The lowest BCUT2D eigenvalue weighted by molar-refractivity contribution is -0.150. The second-order valence-corrected chi connectivity index (χ2v) is 6.24. The number of hydrogen-bond donors (Lipinski definition) is 0. The summed E-state index contributed by atoms with van der Waals surface area (Å²) in [6.45, 7) is 1.51. The van der Waals surface area contributed by atoms with Crippen LogP contribution in [0.25, 0.3) is 0 Å². The lowest BCUT2D eigenvalue weighted by Crippen LogP contribution is -2.40. The van der Waals surface area contributed by atoms with Crippen LogP contribution in [0.4, 0.5) is 0 Å². The lowest BCUT2D eigenvalue weighted by atomic mass is 9.97. The maximum absolute atomic E-state index is 12.2. The zero-order chi connectivity index (χ0) is 19.1. The van der Waals surface area contributed by atoms with E-state index in [0.717, 1.165) is 5.75 Å². The Balaban J connectivity index is 1.35. The quantitative estimate of drug-likeness (QED) is 0.549. The summed E-state index contributed by atoms with van der Waals surface area (Å²) in [6, 6.07) is 10.5. The average molecular weight is 373 g/mol. The number of ether oxygens (including phenoxy) is 3. The number of carbonyl (C=O) groups excluding carboxylic acids is 2. The number of rotatable bonds is 7. The molecule has 1 fully saturated rings. The summed E-state index contributed by atoms with van der Waals surface area (Å²) in [4.78, 5) is 26.1. The Labute approximate surface area is 157 Å². The van der Waals surface area contributed by atoms with Crippen molar-refractivity contribution in [3.8, 4) is 11.5 Å². The first kappa shape index (κ1) is 18.8. The first-order valence-electron chi connectivity index (χ1n) is 8.93. The van der Waals surface area contributed by atoms with E-state index >= 15 is 0 Å². The zero-order valence-electron chi connectivity index (χ0n) is 15.3. The number of likely N-dealkylation sites (tertiary alicyclic amines) is 1. The van der Waals surface area contributed by atoms with Gasteiger partial charge in [-0.25, -0.2) is 0 Å². The third-order valence-electron chi connectivity index (χ3n) is 4.50. The SMILES string of the molecule is COc1ccc(OCCOC(=O)C2CCN(C(=O)c3ccco3)CC2)cc1. The Morgan fingerprint density at radius 2 is 1.78 bits per heavy atom. The zero-order valence-corrected chi connectivity index (χ0v) is 15.3. The van der Waals surface area contributed by atoms with Crippen LogP contribution < -0.4 is 9.47 Å². The fourth-order valence-corrected chi connectivity index (χ4v) is 2.97. The number of carbonyl (C=O) groups is 2. The third-order valence-corrected chi connectivity index (χ3v) is 4.50. The highest BCUT2D eigenvalue weighted by Crippen LogP contribution is 2.21. The first-order valence-corrected chi connectivity index (χ1v) is 8.93. The molecule has 2 aromatic rings. The van der Waals surface area contributed by atoms with Crippen LogP contribution in [0.15, 0.2) is 47.1 Å². The molecule has 1 saturated heterocycles. The summed E-state index contributed by atoms with van der Waals surface area (Å²) < 4.78 is 21.1. The molecule has 0 bridgehead atoms. The Bertz CT molecular complexity index is 732. The van der Waals surface area contributed by atoms with E-state index in [4.69, 9.17) is 18.6 Å². The highest BCUT2D eigenvalue weighted by molar-refractivity contribution is 5.91. The lowest BCUT2D eigenvalue weighted by Gasteiger charge is -2.30. The number of amides is 1. The fraction of sp³-hybridized carbons (Fsp3) is 0.400. The Kier molecular flexibility index (Phi) is 6.35. The summed E-state index contributed by atoms with van der Waals surface area (Å²) >= 11 is 0. The van der Waals surface area contributed by atoms with Crippen LogP contribution in [-0.2, 0) is 9.53 Å². The molecule has 0 radical (unpaired) electrons. The molecular weight excluding hydrogens is 350 g/mol. The van der Waals surface area contributed by atoms with Crippen LogP contribution in [0.3, 0.4) is 0 Å². The summed E-state index contributed by atoms with van der Waals surface area (Å²) in [5.41, 5.74) is 0. The highest BCUT2D eigenvalue weighted by atomic mass is 16.6. The Morgan fingerprint density at radius 1 is 1.07 bits per heavy atom. The van der Waals surface area contributed by atoms with Crippen LogP contribution in [0.1, 0.15) is 23.4 Å². The molecule has 144 valence electrons. The van der Waals surface area contributed by atoms with Crippen molar-refractivity contribution >= 4 is 11.9 Å². The van der Waals surface area contributed by atoms with Gasteiger partial charge in [-0.3, -0.25) is 9.59 Å². The second kappa shape index (κ2) is 9.12. The Hall–Kier alpha value is -2.96. The average Bonchev–Trinajstić information content (AvgIpc) is 3.26. The normalized spacial score (nSPS) is 14.6. The van der Waals surface area contributed by atoms with Crippen LogP contribution in [-0.4, -0.2) is 50.2 Å². The molecule has 3 rings (SSSR count). The smallest absolute Gasteiger partial charge is 0.309 e. The van der Waals surface area contributed by atoms with E-state index in [0.29, 0.717) is 37.4 Å². The van der Waals surface area contributed by atoms with E-state index in [2.05, 4.69) is 0 Å². The van der Waals surface area contributed by atoms with Crippen molar-refractivity contribution in [3.63, 3.8) is 0 Å². The molecule has 0 aliphatic carbocycles. The van der Waals surface area contributed by atoms with E-state index in [1.807, 2.05) is 0 Å². The van der Waals surface area contributed by atoms with Crippen molar-refractivity contribution in [1.82, 2.24) is 4.90 Å². The van der Waals surface area contributed by atoms with Gasteiger partial charge in [0.1, 0.15) is 24.7 Å². The van der Waals surface area contributed by atoms with Gasteiger partial charge < -0.3 is 23.5 Å². The number of esters is 1. The van der Waals surface area contributed by atoms with E-state index in [-0.39, 0.29) is 31.0 Å². The molecule has 2 heterocycles. The summed E-state index contributed by atoms with van der Waals surface area (Å²) in [7, 11) is 1.60. The molecule has 7 heteroatoms. The minimum atomic E-state index is -0.238. The van der Waals surface area contributed by atoms with Crippen LogP contribution in [0, 0.1) is 5.92 Å². The number of benzene rings is 1. The molecule has 1 aromatic carbocycles. The van der Waals surface area contributed by atoms with Crippen LogP contribution in [0.5, 0.6) is 11.5 Å². The predicted octanol–water partition coefficient (Wildman–Crippen LogP) is 2.76. The van der Waals surface area contributed by atoms with Gasteiger partial charge in [-0.1, -0.05) is 0 Å². The van der Waals surface area contributed by atoms with Crippen molar-refractivity contribution in [2.75, 3.05) is 33.4 Å². The fourth-order valence-electron chi connectivity index (χ4n) is 2.97. The molecule has 27 heavy (non-hydrogen) atoms. The number of nitrogens with zero attached hydrogens (tertiary/aromatic N) is 1. The minimum Gasteiger partial charge on any atom is -0.497 e. The molecule has 0 unspecified atom stereocenters. The molecule has 1 aliphatic heterocycles. The van der Waals surface area contributed by atoms with Gasteiger partial charge in [-0.2, -0.15) is 0 Å². The highest BCUT2D eigenvalue weighted by Gasteiger charge is 2.29.